The lowest BCUT2D eigenvalue weighted by atomic mass is 10.1. The molecule has 134 valence electrons. The standard InChI is InChI=1S/C17H17N5O3S/c1-11-4-6-12(7-5-11)15-20-17(22-21-15)26-10-14(23)19-16(24)18-9-13-3-2-8-25-13/h2-8H,9-10H2,1H3,(H,20,21,22)(H2,18,19,23,24). The van der Waals surface area contributed by atoms with Crippen LogP contribution in [0, 0.1) is 6.92 Å². The van der Waals surface area contributed by atoms with Crippen molar-refractivity contribution in [3.8, 4) is 11.4 Å². The highest BCUT2D eigenvalue weighted by molar-refractivity contribution is 7.99. The van der Waals surface area contributed by atoms with Gasteiger partial charge in [0.25, 0.3) is 0 Å². The lowest BCUT2D eigenvalue weighted by Crippen LogP contribution is -2.39. The Bertz CT molecular complexity index is 874. The topological polar surface area (TPSA) is 113 Å². The molecule has 3 aromatic rings. The Morgan fingerprint density at radius 1 is 1.23 bits per heavy atom. The highest BCUT2D eigenvalue weighted by atomic mass is 32.2. The molecule has 3 rings (SSSR count). The first-order chi connectivity index (χ1) is 12.6. The molecular weight excluding hydrogens is 354 g/mol. The van der Waals surface area contributed by atoms with E-state index in [1.54, 1.807) is 12.1 Å². The Morgan fingerprint density at radius 2 is 2.04 bits per heavy atom. The molecule has 0 fully saturated rings. The normalized spacial score (nSPS) is 10.5. The van der Waals surface area contributed by atoms with E-state index in [0.717, 1.165) is 22.9 Å². The zero-order valence-corrected chi connectivity index (χ0v) is 14.8. The van der Waals surface area contributed by atoms with Crippen molar-refractivity contribution >= 4 is 23.7 Å². The SMILES string of the molecule is Cc1ccc(-c2nc(SCC(=O)NC(=O)NCc3ccco3)n[nH]2)cc1. The number of benzene rings is 1. The molecule has 3 N–H and O–H groups in total. The fourth-order valence-corrected chi connectivity index (χ4v) is 2.67. The van der Waals surface area contributed by atoms with Gasteiger partial charge in [0.15, 0.2) is 5.82 Å². The fourth-order valence-electron chi connectivity index (χ4n) is 2.07. The van der Waals surface area contributed by atoms with Gasteiger partial charge >= 0.3 is 6.03 Å². The molecule has 0 unspecified atom stereocenters. The first-order valence-corrected chi connectivity index (χ1v) is 8.81. The van der Waals surface area contributed by atoms with E-state index in [1.165, 1.54) is 6.26 Å². The minimum atomic E-state index is -0.581. The molecule has 0 spiro atoms. The molecule has 0 aliphatic heterocycles. The van der Waals surface area contributed by atoms with Gasteiger partial charge in [0.1, 0.15) is 5.76 Å². The molecule has 0 radical (unpaired) electrons. The lowest BCUT2D eigenvalue weighted by molar-refractivity contribution is -0.117. The maximum atomic E-state index is 11.8. The van der Waals surface area contributed by atoms with Crippen LogP contribution in [0.3, 0.4) is 0 Å². The van der Waals surface area contributed by atoms with E-state index in [-0.39, 0.29) is 12.3 Å². The Labute approximate surface area is 153 Å². The summed E-state index contributed by atoms with van der Waals surface area (Å²) in [5.74, 6) is 0.823. The van der Waals surface area contributed by atoms with Gasteiger partial charge in [-0.1, -0.05) is 41.6 Å². The van der Waals surface area contributed by atoms with Crippen molar-refractivity contribution < 1.29 is 14.0 Å². The second kappa shape index (κ2) is 8.34. The van der Waals surface area contributed by atoms with Crippen molar-refractivity contribution in [3.05, 3.63) is 54.0 Å². The first-order valence-electron chi connectivity index (χ1n) is 7.82. The molecule has 3 amide bonds. The predicted octanol–water partition coefficient (Wildman–Crippen LogP) is 2.49. The smallest absolute Gasteiger partial charge is 0.321 e. The van der Waals surface area contributed by atoms with Gasteiger partial charge in [0.2, 0.25) is 11.1 Å². The van der Waals surface area contributed by atoms with Crippen LogP contribution < -0.4 is 10.6 Å². The summed E-state index contributed by atoms with van der Waals surface area (Å²) in [6, 6.07) is 10.7. The molecule has 26 heavy (non-hydrogen) atoms. The van der Waals surface area contributed by atoms with Crippen LogP contribution in [0.5, 0.6) is 0 Å². The van der Waals surface area contributed by atoms with Crippen LogP contribution in [0.25, 0.3) is 11.4 Å². The van der Waals surface area contributed by atoms with Crippen molar-refractivity contribution in [2.45, 2.75) is 18.6 Å². The van der Waals surface area contributed by atoms with Crippen molar-refractivity contribution in [2.75, 3.05) is 5.75 Å². The molecule has 0 aliphatic rings. The maximum Gasteiger partial charge on any atom is 0.321 e. The summed E-state index contributed by atoms with van der Waals surface area (Å²) in [7, 11) is 0. The van der Waals surface area contributed by atoms with Gasteiger partial charge in [-0.25, -0.2) is 9.78 Å². The average molecular weight is 371 g/mol. The number of carbonyl (C=O) groups is 2. The maximum absolute atomic E-state index is 11.8. The van der Waals surface area contributed by atoms with E-state index in [1.807, 2.05) is 31.2 Å². The summed E-state index contributed by atoms with van der Waals surface area (Å²) in [5.41, 5.74) is 2.07. The zero-order chi connectivity index (χ0) is 18.4. The lowest BCUT2D eigenvalue weighted by Gasteiger charge is -2.04. The van der Waals surface area contributed by atoms with Gasteiger partial charge < -0.3 is 9.73 Å². The Hall–Kier alpha value is -3.07. The van der Waals surface area contributed by atoms with E-state index in [4.69, 9.17) is 4.42 Å². The van der Waals surface area contributed by atoms with Crippen LogP contribution in [-0.4, -0.2) is 32.9 Å². The van der Waals surface area contributed by atoms with Crippen LogP contribution in [0.1, 0.15) is 11.3 Å². The molecule has 0 saturated carbocycles. The van der Waals surface area contributed by atoms with Gasteiger partial charge in [-0.2, -0.15) is 0 Å². The Morgan fingerprint density at radius 3 is 2.77 bits per heavy atom. The minimum Gasteiger partial charge on any atom is -0.467 e. The number of nitrogens with one attached hydrogen (secondary N) is 3. The number of rotatable bonds is 6. The zero-order valence-electron chi connectivity index (χ0n) is 14.0. The molecule has 9 heteroatoms. The highest BCUT2D eigenvalue weighted by Crippen LogP contribution is 2.19. The summed E-state index contributed by atoms with van der Waals surface area (Å²) in [5, 5.41) is 12.1. The number of thioether (sulfide) groups is 1. The van der Waals surface area contributed by atoms with Crippen LogP contribution in [0.15, 0.2) is 52.2 Å². The van der Waals surface area contributed by atoms with Crippen molar-refractivity contribution in [1.82, 2.24) is 25.8 Å². The number of amides is 3. The number of aromatic amines is 1. The van der Waals surface area contributed by atoms with Gasteiger partial charge in [0, 0.05) is 5.56 Å². The minimum absolute atomic E-state index is 0.0271. The van der Waals surface area contributed by atoms with Gasteiger partial charge in [0.05, 0.1) is 18.6 Å². The number of aromatic nitrogens is 3. The number of imide groups is 1. The van der Waals surface area contributed by atoms with Crippen LogP contribution in [0.4, 0.5) is 4.79 Å². The van der Waals surface area contributed by atoms with Crippen molar-refractivity contribution in [2.24, 2.45) is 0 Å². The predicted molar refractivity (Wildman–Crippen MR) is 96.4 cm³/mol. The molecule has 0 saturated heterocycles. The van der Waals surface area contributed by atoms with E-state index in [9.17, 15) is 9.59 Å². The van der Waals surface area contributed by atoms with Crippen LogP contribution >= 0.6 is 11.8 Å². The molecule has 1 aromatic carbocycles. The second-order valence-electron chi connectivity index (χ2n) is 5.43. The summed E-state index contributed by atoms with van der Waals surface area (Å²) in [6.45, 7) is 2.22. The molecule has 2 heterocycles. The third kappa shape index (κ3) is 4.96. The number of hydrogen-bond donors (Lipinski definition) is 3. The molecule has 8 nitrogen and oxygen atoms in total. The molecule has 0 bridgehead atoms. The summed E-state index contributed by atoms with van der Waals surface area (Å²) >= 11 is 1.14. The van der Waals surface area contributed by atoms with Crippen molar-refractivity contribution in [1.29, 1.82) is 0 Å². The van der Waals surface area contributed by atoms with E-state index >= 15 is 0 Å². The number of carbonyl (C=O) groups excluding carboxylic acids is 2. The van der Waals surface area contributed by atoms with Crippen molar-refractivity contribution in [3.63, 3.8) is 0 Å². The van der Waals surface area contributed by atoms with Crippen LogP contribution in [0.2, 0.25) is 0 Å². The summed E-state index contributed by atoms with van der Waals surface area (Å²) < 4.78 is 5.09. The highest BCUT2D eigenvalue weighted by Gasteiger charge is 2.11. The van der Waals surface area contributed by atoms with Gasteiger partial charge in [-0.15, -0.1) is 5.10 Å². The Balaban J connectivity index is 1.44. The quantitative estimate of drug-likeness (QED) is 0.574. The molecule has 0 atom stereocenters. The van der Waals surface area contributed by atoms with Crippen LogP contribution in [-0.2, 0) is 11.3 Å². The third-order valence-corrected chi connectivity index (χ3v) is 4.23. The first kappa shape index (κ1) is 17.7. The number of furan rings is 1. The summed E-state index contributed by atoms with van der Waals surface area (Å²) in [6.07, 6.45) is 1.51. The number of urea groups is 1. The summed E-state index contributed by atoms with van der Waals surface area (Å²) in [4.78, 5) is 27.8. The van der Waals surface area contributed by atoms with E-state index < -0.39 is 11.9 Å². The number of hydrogen-bond acceptors (Lipinski definition) is 6. The fraction of sp³-hybridized carbons (Fsp3) is 0.176. The average Bonchev–Trinajstić information content (AvgIpc) is 3.31. The monoisotopic (exact) mass is 371 g/mol. The molecule has 0 aliphatic carbocycles. The second-order valence-corrected chi connectivity index (χ2v) is 6.37. The molecular formula is C17H17N5O3S. The van der Waals surface area contributed by atoms with E-state index in [0.29, 0.717) is 16.7 Å². The Kier molecular flexibility index (Phi) is 5.69. The third-order valence-electron chi connectivity index (χ3n) is 3.38. The van der Waals surface area contributed by atoms with Gasteiger partial charge in [-0.3, -0.25) is 15.2 Å². The number of nitrogens with zero attached hydrogens (tertiary/aromatic N) is 2. The largest absolute Gasteiger partial charge is 0.467 e. The molecule has 2 aromatic heterocycles. The number of H-pyrrole nitrogens is 1. The number of aryl methyl sites for hydroxylation is 1. The van der Waals surface area contributed by atoms with E-state index in [2.05, 4.69) is 25.8 Å². The van der Waals surface area contributed by atoms with Gasteiger partial charge in [-0.05, 0) is 19.1 Å².